The van der Waals surface area contributed by atoms with E-state index in [9.17, 15) is 14.4 Å². The zero-order chi connectivity index (χ0) is 19.4. The van der Waals surface area contributed by atoms with Gasteiger partial charge in [-0.25, -0.2) is 5.10 Å². The van der Waals surface area contributed by atoms with E-state index < -0.39 is 0 Å². The van der Waals surface area contributed by atoms with Crippen molar-refractivity contribution in [2.75, 3.05) is 26.2 Å². The van der Waals surface area contributed by atoms with Crippen LogP contribution in [0.25, 0.3) is 0 Å². The summed E-state index contributed by atoms with van der Waals surface area (Å²) in [5, 5.41) is 6.08. The summed E-state index contributed by atoms with van der Waals surface area (Å²) >= 11 is 0. The maximum absolute atomic E-state index is 12.7. The first-order valence-corrected chi connectivity index (χ1v) is 9.13. The molecule has 0 atom stereocenters. The summed E-state index contributed by atoms with van der Waals surface area (Å²) in [4.78, 5) is 39.9. The Balaban J connectivity index is 1.63. The normalized spacial score (nSPS) is 14.7. The second kappa shape index (κ2) is 8.16. The molecule has 142 valence electrons. The highest BCUT2D eigenvalue weighted by Gasteiger charge is 2.24. The van der Waals surface area contributed by atoms with Crippen molar-refractivity contribution in [2.24, 2.45) is 0 Å². The van der Waals surface area contributed by atoms with Gasteiger partial charge >= 0.3 is 0 Å². The summed E-state index contributed by atoms with van der Waals surface area (Å²) in [5.41, 5.74) is 3.18. The van der Waals surface area contributed by atoms with Crippen molar-refractivity contribution >= 4 is 11.8 Å². The van der Waals surface area contributed by atoms with Crippen LogP contribution in [0.5, 0.6) is 0 Å². The van der Waals surface area contributed by atoms with E-state index in [1.165, 1.54) is 12.1 Å². The third-order valence-corrected chi connectivity index (χ3v) is 4.88. The average molecular weight is 368 g/mol. The minimum atomic E-state index is -0.342. The van der Waals surface area contributed by atoms with Gasteiger partial charge in [-0.2, -0.15) is 5.10 Å². The molecular weight excluding hydrogens is 344 g/mol. The average Bonchev–Trinajstić information content (AvgIpc) is 2.91. The molecule has 1 aromatic carbocycles. The summed E-state index contributed by atoms with van der Waals surface area (Å²) < 4.78 is 0. The van der Waals surface area contributed by atoms with Crippen molar-refractivity contribution in [3.63, 3.8) is 0 Å². The minimum Gasteiger partial charge on any atom is -0.341 e. The second-order valence-corrected chi connectivity index (χ2v) is 6.94. The number of hydrogen-bond acceptors (Lipinski definition) is 4. The summed E-state index contributed by atoms with van der Waals surface area (Å²) in [5.74, 6) is -0.143. The van der Waals surface area contributed by atoms with Crippen LogP contribution in [0.3, 0.4) is 0 Å². The number of rotatable bonds is 3. The highest BCUT2D eigenvalue weighted by molar-refractivity contribution is 5.92. The Labute approximate surface area is 158 Å². The molecule has 1 N–H and O–H groups in total. The molecule has 0 radical (unpaired) electrons. The monoisotopic (exact) mass is 368 g/mol. The molecular formula is C20H24N4O3. The van der Waals surface area contributed by atoms with Gasteiger partial charge in [0.2, 0.25) is 5.91 Å². The number of nitrogens with one attached hydrogen (secondary N) is 1. The van der Waals surface area contributed by atoms with Crippen LogP contribution in [-0.2, 0) is 11.2 Å². The smallest absolute Gasteiger partial charge is 0.274 e. The molecule has 7 heteroatoms. The fourth-order valence-electron chi connectivity index (χ4n) is 3.26. The first kappa shape index (κ1) is 18.8. The van der Waals surface area contributed by atoms with Crippen molar-refractivity contribution in [3.05, 3.63) is 63.1 Å². The van der Waals surface area contributed by atoms with Crippen LogP contribution in [0.15, 0.2) is 35.1 Å². The number of aromatic amines is 1. The van der Waals surface area contributed by atoms with Crippen LogP contribution in [0, 0.1) is 13.8 Å². The quantitative estimate of drug-likeness (QED) is 0.885. The first-order chi connectivity index (χ1) is 12.9. The topological polar surface area (TPSA) is 86.4 Å². The lowest BCUT2D eigenvalue weighted by Crippen LogP contribution is -2.38. The molecule has 1 aliphatic heterocycles. The fraction of sp³-hybridized carbons (Fsp3) is 0.400. The van der Waals surface area contributed by atoms with E-state index in [-0.39, 0.29) is 23.1 Å². The fourth-order valence-corrected chi connectivity index (χ4v) is 3.26. The summed E-state index contributed by atoms with van der Waals surface area (Å²) in [6.45, 7) is 6.19. The van der Waals surface area contributed by atoms with Crippen LogP contribution in [-0.4, -0.2) is 58.0 Å². The Morgan fingerprint density at radius 1 is 1.04 bits per heavy atom. The number of H-pyrrole nitrogens is 1. The maximum Gasteiger partial charge on any atom is 0.274 e. The molecule has 1 fully saturated rings. The number of hydrogen-bond donors (Lipinski definition) is 1. The van der Waals surface area contributed by atoms with E-state index in [4.69, 9.17) is 0 Å². The molecule has 1 aliphatic rings. The molecule has 0 spiro atoms. The molecule has 2 aromatic rings. The lowest BCUT2D eigenvalue weighted by Gasteiger charge is -2.22. The number of carbonyl (C=O) groups excluding carboxylic acids is 2. The van der Waals surface area contributed by atoms with Gasteiger partial charge in [-0.1, -0.05) is 23.8 Å². The molecule has 0 bridgehead atoms. The highest BCUT2D eigenvalue weighted by atomic mass is 16.2. The van der Waals surface area contributed by atoms with Crippen LogP contribution in [0.4, 0.5) is 0 Å². The van der Waals surface area contributed by atoms with Gasteiger partial charge in [-0.15, -0.1) is 0 Å². The van der Waals surface area contributed by atoms with E-state index in [0.717, 1.165) is 16.7 Å². The van der Waals surface area contributed by atoms with Crippen LogP contribution in [0.2, 0.25) is 0 Å². The van der Waals surface area contributed by atoms with Crippen molar-refractivity contribution in [1.29, 1.82) is 0 Å². The van der Waals surface area contributed by atoms with Crippen molar-refractivity contribution < 1.29 is 9.59 Å². The lowest BCUT2D eigenvalue weighted by atomic mass is 10.0. The van der Waals surface area contributed by atoms with Gasteiger partial charge in [-0.05, 0) is 37.5 Å². The van der Waals surface area contributed by atoms with E-state index in [2.05, 4.69) is 16.3 Å². The molecule has 0 saturated carbocycles. The number of benzene rings is 1. The zero-order valence-electron chi connectivity index (χ0n) is 15.7. The van der Waals surface area contributed by atoms with Gasteiger partial charge in [0.1, 0.15) is 5.69 Å². The maximum atomic E-state index is 12.7. The van der Waals surface area contributed by atoms with Crippen LogP contribution in [0.1, 0.15) is 33.6 Å². The van der Waals surface area contributed by atoms with Gasteiger partial charge in [0.05, 0.1) is 6.42 Å². The summed E-state index contributed by atoms with van der Waals surface area (Å²) in [6.07, 6.45) is 1.09. The second-order valence-electron chi connectivity index (χ2n) is 6.94. The first-order valence-electron chi connectivity index (χ1n) is 9.13. The van der Waals surface area contributed by atoms with Crippen molar-refractivity contribution in [3.8, 4) is 0 Å². The molecule has 27 heavy (non-hydrogen) atoms. The molecule has 2 heterocycles. The van der Waals surface area contributed by atoms with E-state index in [1.54, 1.807) is 4.90 Å². The summed E-state index contributed by atoms with van der Waals surface area (Å²) in [7, 11) is 0. The molecule has 1 saturated heterocycles. The molecule has 0 aliphatic carbocycles. The van der Waals surface area contributed by atoms with Gasteiger partial charge in [0.25, 0.3) is 11.5 Å². The predicted octanol–water partition coefficient (Wildman–Crippen LogP) is 1.30. The molecule has 0 unspecified atom stereocenters. The van der Waals surface area contributed by atoms with Crippen molar-refractivity contribution in [2.45, 2.75) is 26.7 Å². The van der Waals surface area contributed by atoms with E-state index >= 15 is 0 Å². The standard InChI is InChI=1S/C20H24N4O3/c1-14-4-5-15(2)16(12-14)13-19(26)23-8-3-9-24(11-10-23)20(27)17-6-7-18(25)22-21-17/h4-7,12H,3,8-11,13H2,1-2H3,(H,22,25). The van der Waals surface area contributed by atoms with Crippen molar-refractivity contribution in [1.82, 2.24) is 20.0 Å². The Hall–Kier alpha value is -2.96. The Morgan fingerprint density at radius 3 is 2.52 bits per heavy atom. The number of aryl methyl sites for hydroxylation is 2. The number of amides is 2. The minimum absolute atomic E-state index is 0.0835. The van der Waals surface area contributed by atoms with Gasteiger partial charge in [0.15, 0.2) is 0 Å². The van der Waals surface area contributed by atoms with E-state index in [1.807, 2.05) is 30.9 Å². The number of aromatic nitrogens is 2. The Bertz CT molecular complexity index is 886. The van der Waals surface area contributed by atoms with Gasteiger partial charge in [0, 0.05) is 32.2 Å². The SMILES string of the molecule is Cc1ccc(C)c(CC(=O)N2CCCN(C(=O)c3ccc(=O)[nH]n3)CC2)c1. The number of carbonyl (C=O) groups is 2. The third kappa shape index (κ3) is 4.61. The third-order valence-electron chi connectivity index (χ3n) is 4.88. The Kier molecular flexibility index (Phi) is 5.69. The zero-order valence-corrected chi connectivity index (χ0v) is 15.7. The molecule has 7 nitrogen and oxygen atoms in total. The lowest BCUT2D eigenvalue weighted by molar-refractivity contribution is -0.130. The van der Waals surface area contributed by atoms with Gasteiger partial charge in [-0.3, -0.25) is 14.4 Å². The molecule has 1 aromatic heterocycles. The molecule has 3 rings (SSSR count). The van der Waals surface area contributed by atoms with E-state index in [0.29, 0.717) is 39.0 Å². The van der Waals surface area contributed by atoms with Crippen LogP contribution < -0.4 is 5.56 Å². The highest BCUT2D eigenvalue weighted by Crippen LogP contribution is 2.14. The largest absolute Gasteiger partial charge is 0.341 e. The van der Waals surface area contributed by atoms with Crippen LogP contribution >= 0.6 is 0 Å². The predicted molar refractivity (Wildman–Crippen MR) is 102 cm³/mol. The summed E-state index contributed by atoms with van der Waals surface area (Å²) in [6, 6.07) is 8.86. The Morgan fingerprint density at radius 2 is 1.78 bits per heavy atom. The van der Waals surface area contributed by atoms with Gasteiger partial charge < -0.3 is 9.80 Å². The number of nitrogens with zero attached hydrogens (tertiary/aromatic N) is 3. The molecule has 2 amide bonds.